The van der Waals surface area contributed by atoms with E-state index in [4.69, 9.17) is 10.5 Å². The normalized spacial score (nSPS) is 20.5. The number of para-hydroxylation sites is 1. The van der Waals surface area contributed by atoms with Gasteiger partial charge >= 0.3 is 5.97 Å². The van der Waals surface area contributed by atoms with Crippen LogP contribution in [-0.2, 0) is 28.7 Å². The van der Waals surface area contributed by atoms with Gasteiger partial charge in [-0.2, -0.15) is 0 Å². The lowest BCUT2D eigenvalue weighted by Gasteiger charge is -2.44. The molecule has 0 radical (unpaired) electrons. The molecular weight excluding hydrogens is 759 g/mol. The van der Waals surface area contributed by atoms with E-state index in [2.05, 4.69) is 15.4 Å². The second kappa shape index (κ2) is 15.4. The van der Waals surface area contributed by atoms with Crippen molar-refractivity contribution in [1.82, 2.24) is 25.2 Å². The molecule has 18 nitrogen and oxygen atoms in total. The van der Waals surface area contributed by atoms with Gasteiger partial charge in [-0.15, -0.1) is 11.8 Å². The molecule has 20 heteroatoms. The number of imide groups is 1. The van der Waals surface area contributed by atoms with E-state index in [1.165, 1.54) is 71.3 Å². The SMILES string of the molecule is CC1(C)S[C@@H]2[C@H](NC(=O)C(NC(=O)C(CC(N)=O)NSc3ccccc3[N+](=O)[O-])c3ccc(O)cc3)C(=O)N2[C@H]1C(=O)OCN1C(=O)c2ccccc2C1=O. The number of benzene rings is 3. The average molecular weight is 792 g/mol. The molecule has 3 aromatic carbocycles. The Kier molecular flexibility index (Phi) is 10.8. The van der Waals surface area contributed by atoms with Gasteiger partial charge in [0.05, 0.1) is 22.5 Å². The third-order valence-corrected chi connectivity index (χ3v) is 11.6. The Bertz CT molecular complexity index is 2080. The summed E-state index contributed by atoms with van der Waals surface area (Å²) in [6.45, 7) is 2.72. The molecule has 0 aliphatic carbocycles. The zero-order chi connectivity index (χ0) is 39.8. The molecule has 2 unspecified atom stereocenters. The second-order valence-corrected chi connectivity index (χ2v) is 15.8. The number of nitrogens with one attached hydrogen (secondary N) is 3. The summed E-state index contributed by atoms with van der Waals surface area (Å²) >= 11 is 1.92. The Morgan fingerprint density at radius 1 is 0.982 bits per heavy atom. The predicted octanol–water partition coefficient (Wildman–Crippen LogP) is 1.34. The first-order valence-corrected chi connectivity index (χ1v) is 18.2. The number of nitro groups is 1. The van der Waals surface area contributed by atoms with Gasteiger partial charge in [0, 0.05) is 10.8 Å². The number of nitro benzene ring substituents is 1. The number of fused-ring (bicyclic) bond motifs is 2. The van der Waals surface area contributed by atoms with E-state index in [0.29, 0.717) is 11.9 Å². The molecule has 3 heterocycles. The van der Waals surface area contributed by atoms with Gasteiger partial charge in [-0.1, -0.05) is 36.4 Å². The topological polar surface area (TPSA) is 261 Å². The van der Waals surface area contributed by atoms with Crippen molar-refractivity contribution in [3.8, 4) is 5.75 Å². The lowest BCUT2D eigenvalue weighted by atomic mass is 9.95. The van der Waals surface area contributed by atoms with Crippen LogP contribution in [-0.4, -0.2) is 96.2 Å². The number of nitrogens with zero attached hydrogens (tertiary/aromatic N) is 3. The van der Waals surface area contributed by atoms with Crippen molar-refractivity contribution in [2.45, 2.75) is 59.5 Å². The summed E-state index contributed by atoms with van der Waals surface area (Å²) in [7, 11) is 0. The van der Waals surface area contributed by atoms with Crippen LogP contribution in [0.2, 0.25) is 0 Å². The molecule has 3 aromatic rings. The fraction of sp³-hybridized carbons (Fsp3) is 0.286. The van der Waals surface area contributed by atoms with Gasteiger partial charge in [-0.3, -0.25) is 38.9 Å². The van der Waals surface area contributed by atoms with E-state index in [1.54, 1.807) is 32.0 Å². The maximum atomic E-state index is 13.9. The molecule has 55 heavy (non-hydrogen) atoms. The maximum Gasteiger partial charge on any atom is 0.332 e. The van der Waals surface area contributed by atoms with Crippen molar-refractivity contribution in [1.29, 1.82) is 0 Å². The highest BCUT2D eigenvalue weighted by atomic mass is 32.2. The zero-order valence-electron chi connectivity index (χ0n) is 29.0. The third-order valence-electron chi connectivity index (χ3n) is 9.05. The first-order valence-electron chi connectivity index (χ1n) is 16.5. The van der Waals surface area contributed by atoms with E-state index >= 15 is 0 Å². The summed E-state index contributed by atoms with van der Waals surface area (Å²) in [5, 5.41) is 25.8. The number of aromatic hydroxyl groups is 1. The van der Waals surface area contributed by atoms with Crippen LogP contribution in [0.5, 0.6) is 5.75 Å². The highest BCUT2D eigenvalue weighted by Gasteiger charge is 2.64. The summed E-state index contributed by atoms with van der Waals surface area (Å²) in [5.74, 6) is -5.52. The number of esters is 1. The van der Waals surface area contributed by atoms with Crippen molar-refractivity contribution in [2.24, 2.45) is 5.73 Å². The number of hydrogen-bond acceptors (Lipinski definition) is 14. The van der Waals surface area contributed by atoms with Crippen LogP contribution in [0.4, 0.5) is 5.69 Å². The van der Waals surface area contributed by atoms with E-state index in [0.717, 1.165) is 4.90 Å². The first kappa shape index (κ1) is 38.7. The van der Waals surface area contributed by atoms with Crippen LogP contribution in [0.1, 0.15) is 52.6 Å². The molecule has 0 bridgehead atoms. The highest BCUT2D eigenvalue weighted by molar-refractivity contribution is 8.01. The Morgan fingerprint density at radius 2 is 1.60 bits per heavy atom. The quantitative estimate of drug-likeness (QED) is 0.0386. The van der Waals surface area contributed by atoms with Gasteiger partial charge in [-0.25, -0.2) is 14.4 Å². The van der Waals surface area contributed by atoms with Gasteiger partial charge in [-0.05, 0) is 61.7 Å². The summed E-state index contributed by atoms with van der Waals surface area (Å²) < 4.78 is 7.18. The molecule has 6 N–H and O–H groups in total. The predicted molar refractivity (Wildman–Crippen MR) is 195 cm³/mol. The Hall–Kier alpha value is -5.99. The minimum atomic E-state index is -1.48. The first-order chi connectivity index (χ1) is 26.1. The lowest BCUT2D eigenvalue weighted by Crippen LogP contribution is -2.71. The Labute approximate surface area is 320 Å². The molecule has 0 spiro atoms. The average Bonchev–Trinajstić information content (AvgIpc) is 3.55. The monoisotopic (exact) mass is 791 g/mol. The summed E-state index contributed by atoms with van der Waals surface area (Å²) in [6.07, 6.45) is -0.558. The van der Waals surface area contributed by atoms with Crippen LogP contribution < -0.4 is 21.1 Å². The molecule has 3 aliphatic heterocycles. The number of thioether (sulfide) groups is 1. The van der Waals surface area contributed by atoms with Crippen molar-refractivity contribution >= 4 is 70.8 Å². The van der Waals surface area contributed by atoms with Crippen LogP contribution >= 0.6 is 23.7 Å². The van der Waals surface area contributed by atoms with Crippen molar-refractivity contribution in [3.63, 3.8) is 0 Å². The molecule has 6 amide bonds. The van der Waals surface area contributed by atoms with E-state index in [1.807, 2.05) is 0 Å². The number of nitrogens with two attached hydrogens (primary N) is 1. The molecule has 2 saturated heterocycles. The number of carbonyl (C=O) groups excluding carboxylic acids is 7. The largest absolute Gasteiger partial charge is 0.508 e. The van der Waals surface area contributed by atoms with Crippen molar-refractivity contribution in [3.05, 3.63) is 99.6 Å². The van der Waals surface area contributed by atoms with Crippen molar-refractivity contribution < 1.29 is 48.3 Å². The van der Waals surface area contributed by atoms with Gasteiger partial charge in [0.2, 0.25) is 23.6 Å². The van der Waals surface area contributed by atoms with Crippen molar-refractivity contribution in [2.75, 3.05) is 6.73 Å². The van der Waals surface area contributed by atoms with E-state index in [-0.39, 0.29) is 33.0 Å². The van der Waals surface area contributed by atoms with Gasteiger partial charge in [0.15, 0.2) is 6.73 Å². The van der Waals surface area contributed by atoms with E-state index in [9.17, 15) is 48.8 Å². The van der Waals surface area contributed by atoms with Crippen LogP contribution in [0.3, 0.4) is 0 Å². The summed E-state index contributed by atoms with van der Waals surface area (Å²) in [6, 6.07) is 12.0. The highest BCUT2D eigenvalue weighted by Crippen LogP contribution is 2.51. The number of ether oxygens (including phenoxy) is 1. The fourth-order valence-corrected chi connectivity index (χ4v) is 8.83. The third kappa shape index (κ3) is 7.68. The number of β-lactam (4-membered cyclic amide) rings is 1. The molecule has 3 aliphatic rings. The van der Waals surface area contributed by atoms with Gasteiger partial charge in [0.1, 0.15) is 40.2 Å². The number of primary amides is 1. The molecule has 0 saturated carbocycles. The second-order valence-electron chi connectivity index (χ2n) is 13.1. The lowest BCUT2D eigenvalue weighted by molar-refractivity contribution is -0.387. The summed E-state index contributed by atoms with van der Waals surface area (Å²) in [5.41, 5.74) is 5.67. The zero-order valence-corrected chi connectivity index (χ0v) is 30.6. The summed E-state index contributed by atoms with van der Waals surface area (Å²) in [4.78, 5) is 105. The number of rotatable bonds is 14. The number of phenols is 1. The number of carbonyl (C=O) groups is 7. The number of amides is 6. The smallest absolute Gasteiger partial charge is 0.332 e. The number of hydrogen-bond donors (Lipinski definition) is 5. The molecule has 6 rings (SSSR count). The molecule has 5 atom stereocenters. The minimum Gasteiger partial charge on any atom is -0.508 e. The fourth-order valence-electron chi connectivity index (χ4n) is 6.35. The van der Waals surface area contributed by atoms with Crippen LogP contribution in [0.25, 0.3) is 0 Å². The molecule has 286 valence electrons. The minimum absolute atomic E-state index is 0.137. The maximum absolute atomic E-state index is 13.9. The van der Waals surface area contributed by atoms with Crippen LogP contribution in [0.15, 0.2) is 77.7 Å². The van der Waals surface area contributed by atoms with E-state index < -0.39 is 93.8 Å². The standard InChI is InChI=1S/C35H33N7O11S2/c1-35(2)27(34(50)53-16-40-30(47)19-7-3-4-8-20(19)31(40)48)41-32(49)26(33(41)54-35)38-29(46)25(17-11-13-18(43)14-12-17)37-28(45)21(15-24(36)44)39-55-23-10-6-5-9-22(23)42(51)52/h3-14,21,25-27,33,39,43H,15-16H2,1-2H3,(H2,36,44)(H,37,45)(H,38,46)/t21?,25?,26-,27+,33-/m1/s1. The van der Waals surface area contributed by atoms with Gasteiger partial charge < -0.3 is 31.1 Å². The molecule has 2 fully saturated rings. The Balaban J connectivity index is 1.14. The Morgan fingerprint density at radius 3 is 2.22 bits per heavy atom. The number of phenolic OH excluding ortho intramolecular Hbond substituents is 1. The van der Waals surface area contributed by atoms with Gasteiger partial charge in [0.25, 0.3) is 17.5 Å². The molecular formula is C35H33N7O11S2. The molecule has 0 aromatic heterocycles. The van der Waals surface area contributed by atoms with Crippen LogP contribution in [0, 0.1) is 10.1 Å².